The zero-order valence-corrected chi connectivity index (χ0v) is 15.7. The monoisotopic (exact) mass is 379 g/mol. The Bertz CT molecular complexity index is 1020. The van der Waals surface area contributed by atoms with Crippen LogP contribution in [0.1, 0.15) is 31.8 Å². The molecule has 0 bridgehead atoms. The fraction of sp³-hybridized carbons (Fsp3) is 0.0952. The van der Waals surface area contributed by atoms with Crippen LogP contribution in [0.15, 0.2) is 60.9 Å². The van der Waals surface area contributed by atoms with Gasteiger partial charge in [-0.25, -0.2) is 0 Å². The summed E-state index contributed by atoms with van der Waals surface area (Å²) in [5, 5.41) is 6.12. The number of halogens is 1. The van der Waals surface area contributed by atoms with Gasteiger partial charge in [-0.05, 0) is 55.3 Å². The van der Waals surface area contributed by atoms with Gasteiger partial charge in [-0.15, -0.1) is 0 Å². The van der Waals surface area contributed by atoms with Crippen molar-refractivity contribution in [1.82, 2.24) is 4.98 Å². The highest BCUT2D eigenvalue weighted by molar-refractivity contribution is 6.31. The molecule has 0 saturated carbocycles. The summed E-state index contributed by atoms with van der Waals surface area (Å²) in [6, 6.07) is 14.2. The van der Waals surface area contributed by atoms with Crippen molar-refractivity contribution in [3.63, 3.8) is 0 Å². The number of amides is 2. The third-order valence-corrected chi connectivity index (χ3v) is 4.22. The topological polar surface area (TPSA) is 71.1 Å². The molecule has 2 N–H and O–H groups in total. The Morgan fingerprint density at radius 3 is 2.30 bits per heavy atom. The molecule has 1 aromatic heterocycles. The van der Waals surface area contributed by atoms with E-state index >= 15 is 0 Å². The van der Waals surface area contributed by atoms with E-state index < -0.39 is 0 Å². The van der Waals surface area contributed by atoms with Crippen molar-refractivity contribution in [3.05, 3.63) is 88.2 Å². The second-order valence-electron chi connectivity index (χ2n) is 6.20. The fourth-order valence-corrected chi connectivity index (χ4v) is 2.71. The van der Waals surface area contributed by atoms with E-state index in [0.717, 1.165) is 16.8 Å². The highest BCUT2D eigenvalue weighted by Gasteiger charge is 2.13. The quantitative estimate of drug-likeness (QED) is 0.680. The predicted molar refractivity (Wildman–Crippen MR) is 108 cm³/mol. The summed E-state index contributed by atoms with van der Waals surface area (Å²) in [6.45, 7) is 3.87. The highest BCUT2D eigenvalue weighted by atomic mass is 35.5. The first-order valence-corrected chi connectivity index (χ1v) is 8.71. The molecule has 3 aromatic rings. The Kier molecular flexibility index (Phi) is 5.52. The average molecular weight is 380 g/mol. The van der Waals surface area contributed by atoms with Gasteiger partial charge in [0.25, 0.3) is 11.8 Å². The molecule has 0 fully saturated rings. The summed E-state index contributed by atoms with van der Waals surface area (Å²) < 4.78 is 0. The van der Waals surface area contributed by atoms with Crippen LogP contribution in [-0.4, -0.2) is 16.8 Å². The van der Waals surface area contributed by atoms with Crippen LogP contribution in [0.25, 0.3) is 0 Å². The number of hydrogen-bond donors (Lipinski definition) is 2. The maximum Gasteiger partial charge on any atom is 0.257 e. The van der Waals surface area contributed by atoms with Gasteiger partial charge in [-0.3, -0.25) is 14.6 Å². The number of aryl methyl sites for hydroxylation is 2. The highest BCUT2D eigenvalue weighted by Crippen LogP contribution is 2.18. The van der Waals surface area contributed by atoms with Crippen molar-refractivity contribution in [1.29, 1.82) is 0 Å². The van der Waals surface area contributed by atoms with E-state index in [0.29, 0.717) is 16.3 Å². The molecule has 0 atom stereocenters. The van der Waals surface area contributed by atoms with E-state index in [1.165, 1.54) is 18.5 Å². The summed E-state index contributed by atoms with van der Waals surface area (Å²) in [6.07, 6.45) is 2.84. The van der Waals surface area contributed by atoms with Gasteiger partial charge in [-0.2, -0.15) is 0 Å². The molecule has 0 spiro atoms. The van der Waals surface area contributed by atoms with Crippen LogP contribution in [0.4, 0.5) is 11.4 Å². The minimum atomic E-state index is -0.369. The van der Waals surface area contributed by atoms with E-state index in [2.05, 4.69) is 15.6 Å². The number of aromatic nitrogens is 1. The van der Waals surface area contributed by atoms with Gasteiger partial charge in [0, 0.05) is 28.8 Å². The second kappa shape index (κ2) is 8.01. The van der Waals surface area contributed by atoms with Gasteiger partial charge in [0.1, 0.15) is 0 Å². The minimum absolute atomic E-state index is 0.281. The SMILES string of the molecule is Cc1ccc(C)c(NC(=O)c2cncc(C(=O)Nc3cccc(Cl)c3)c2)c1. The molecule has 5 nitrogen and oxygen atoms in total. The van der Waals surface area contributed by atoms with E-state index in [1.807, 2.05) is 32.0 Å². The van der Waals surface area contributed by atoms with Crippen LogP contribution >= 0.6 is 11.6 Å². The lowest BCUT2D eigenvalue weighted by atomic mass is 10.1. The van der Waals surface area contributed by atoms with Gasteiger partial charge in [-0.1, -0.05) is 29.8 Å². The predicted octanol–water partition coefficient (Wildman–Crippen LogP) is 4.86. The molecule has 0 aliphatic heterocycles. The lowest BCUT2D eigenvalue weighted by Crippen LogP contribution is -2.16. The summed E-state index contributed by atoms with van der Waals surface area (Å²) in [5.74, 6) is -0.695. The lowest BCUT2D eigenvalue weighted by Gasteiger charge is -2.10. The van der Waals surface area contributed by atoms with E-state index in [4.69, 9.17) is 11.6 Å². The Morgan fingerprint density at radius 2 is 1.59 bits per heavy atom. The normalized spacial score (nSPS) is 10.3. The Balaban J connectivity index is 1.77. The first kappa shape index (κ1) is 18.6. The van der Waals surface area contributed by atoms with Crippen molar-refractivity contribution in [2.75, 3.05) is 10.6 Å². The Labute approximate surface area is 162 Å². The zero-order valence-electron chi connectivity index (χ0n) is 14.9. The average Bonchev–Trinajstić information content (AvgIpc) is 2.65. The maximum absolute atomic E-state index is 12.6. The van der Waals surface area contributed by atoms with Crippen molar-refractivity contribution >= 4 is 34.8 Å². The number of pyridine rings is 1. The number of anilines is 2. The largest absolute Gasteiger partial charge is 0.322 e. The van der Waals surface area contributed by atoms with Crippen LogP contribution in [0.2, 0.25) is 5.02 Å². The number of benzene rings is 2. The first-order chi connectivity index (χ1) is 12.9. The van der Waals surface area contributed by atoms with Crippen molar-refractivity contribution < 1.29 is 9.59 Å². The third-order valence-electron chi connectivity index (χ3n) is 3.99. The molecule has 0 radical (unpaired) electrons. The third kappa shape index (κ3) is 4.71. The number of carbonyl (C=O) groups excluding carboxylic acids is 2. The summed E-state index contributed by atoms with van der Waals surface area (Å²) in [4.78, 5) is 29.0. The molecule has 0 aliphatic carbocycles. The molecule has 6 heteroatoms. The standard InChI is InChI=1S/C21H18ClN3O2/c1-13-6-7-14(2)19(8-13)25-21(27)16-9-15(11-23-12-16)20(26)24-18-5-3-4-17(22)10-18/h3-12H,1-2H3,(H,24,26)(H,25,27). The van der Waals surface area contributed by atoms with Crippen LogP contribution < -0.4 is 10.6 Å². The molecule has 2 amide bonds. The molecule has 0 aliphatic rings. The molecule has 2 aromatic carbocycles. The fourth-order valence-electron chi connectivity index (χ4n) is 2.52. The number of carbonyl (C=O) groups is 2. The van der Waals surface area contributed by atoms with Crippen LogP contribution in [0, 0.1) is 13.8 Å². The van der Waals surface area contributed by atoms with Crippen LogP contribution in [0.3, 0.4) is 0 Å². The second-order valence-corrected chi connectivity index (χ2v) is 6.64. The lowest BCUT2D eigenvalue weighted by molar-refractivity contribution is 0.102. The van der Waals surface area contributed by atoms with Gasteiger partial charge in [0.05, 0.1) is 11.1 Å². The summed E-state index contributed by atoms with van der Waals surface area (Å²) in [5.41, 5.74) is 3.88. The molecule has 1 heterocycles. The zero-order chi connectivity index (χ0) is 19.4. The first-order valence-electron chi connectivity index (χ1n) is 8.33. The van der Waals surface area contributed by atoms with Gasteiger partial charge in [0.15, 0.2) is 0 Å². The van der Waals surface area contributed by atoms with E-state index in [9.17, 15) is 9.59 Å². The van der Waals surface area contributed by atoms with Crippen molar-refractivity contribution in [2.24, 2.45) is 0 Å². The Hall–Kier alpha value is -3.18. The van der Waals surface area contributed by atoms with Crippen molar-refractivity contribution in [3.8, 4) is 0 Å². The van der Waals surface area contributed by atoms with Crippen molar-refractivity contribution in [2.45, 2.75) is 13.8 Å². The Morgan fingerprint density at radius 1 is 0.889 bits per heavy atom. The van der Waals surface area contributed by atoms with Gasteiger partial charge >= 0.3 is 0 Å². The number of hydrogen-bond acceptors (Lipinski definition) is 3. The molecule has 0 saturated heterocycles. The number of nitrogens with one attached hydrogen (secondary N) is 2. The molecule has 27 heavy (non-hydrogen) atoms. The van der Waals surface area contributed by atoms with Gasteiger partial charge < -0.3 is 10.6 Å². The molecule has 3 rings (SSSR count). The maximum atomic E-state index is 12.6. The molecular weight excluding hydrogens is 362 g/mol. The van der Waals surface area contributed by atoms with Gasteiger partial charge in [0.2, 0.25) is 0 Å². The minimum Gasteiger partial charge on any atom is -0.322 e. The molecular formula is C21H18ClN3O2. The summed E-state index contributed by atoms with van der Waals surface area (Å²) in [7, 11) is 0. The smallest absolute Gasteiger partial charge is 0.257 e. The molecule has 136 valence electrons. The summed E-state index contributed by atoms with van der Waals surface area (Å²) >= 11 is 5.93. The number of nitrogens with zero attached hydrogens (tertiary/aromatic N) is 1. The van der Waals surface area contributed by atoms with E-state index in [-0.39, 0.29) is 17.4 Å². The van der Waals surface area contributed by atoms with Crippen LogP contribution in [0.5, 0.6) is 0 Å². The van der Waals surface area contributed by atoms with E-state index in [1.54, 1.807) is 24.3 Å². The number of rotatable bonds is 4. The van der Waals surface area contributed by atoms with Crippen LogP contribution in [-0.2, 0) is 0 Å². The molecule has 0 unspecified atom stereocenters.